The predicted octanol–water partition coefficient (Wildman–Crippen LogP) is 2.87. The van der Waals surface area contributed by atoms with E-state index >= 15 is 0 Å². The van der Waals surface area contributed by atoms with Crippen molar-refractivity contribution in [2.75, 3.05) is 5.73 Å². The Bertz CT molecular complexity index is 756. The van der Waals surface area contributed by atoms with Gasteiger partial charge in [-0.3, -0.25) is 9.08 Å². The van der Waals surface area contributed by atoms with Crippen LogP contribution in [0.5, 0.6) is 0 Å². The average Bonchev–Trinajstić information content (AvgIpc) is 2.97. The van der Waals surface area contributed by atoms with Crippen molar-refractivity contribution in [1.82, 2.24) is 19.2 Å². The fourth-order valence-corrected chi connectivity index (χ4v) is 2.37. The average molecular weight is 320 g/mol. The second-order valence-corrected chi connectivity index (χ2v) is 5.32. The molecule has 3 aromatic rings. The first kappa shape index (κ1) is 12.2. The number of nitrogens with two attached hydrogens (primary N) is 1. The second-order valence-electron chi connectivity index (χ2n) is 4.46. The van der Waals surface area contributed by atoms with E-state index in [0.717, 1.165) is 33.5 Å². The molecule has 0 saturated carbocycles. The third kappa shape index (κ3) is 1.92. The minimum absolute atomic E-state index is 0.631. The van der Waals surface area contributed by atoms with Crippen LogP contribution in [0.15, 0.2) is 29.1 Å². The van der Waals surface area contributed by atoms with Gasteiger partial charge in [-0.05, 0) is 41.4 Å². The second kappa shape index (κ2) is 4.38. The van der Waals surface area contributed by atoms with Gasteiger partial charge in [-0.1, -0.05) is 0 Å². The van der Waals surface area contributed by atoms with Crippen LogP contribution in [-0.4, -0.2) is 19.2 Å². The van der Waals surface area contributed by atoms with Gasteiger partial charge in [0, 0.05) is 29.0 Å². The van der Waals surface area contributed by atoms with Gasteiger partial charge < -0.3 is 5.73 Å². The first-order valence-corrected chi connectivity index (χ1v) is 6.86. The molecule has 0 saturated heterocycles. The third-order valence-electron chi connectivity index (χ3n) is 3.17. The van der Waals surface area contributed by atoms with Crippen LogP contribution in [0.3, 0.4) is 0 Å². The van der Waals surface area contributed by atoms with Crippen LogP contribution in [0.4, 0.5) is 5.82 Å². The molecule has 3 heterocycles. The lowest BCUT2D eigenvalue weighted by atomic mass is 10.2. The van der Waals surface area contributed by atoms with E-state index in [9.17, 15) is 0 Å². The molecule has 0 fully saturated rings. The highest BCUT2D eigenvalue weighted by Crippen LogP contribution is 2.28. The normalized spacial score (nSPS) is 11.3. The van der Waals surface area contributed by atoms with Crippen molar-refractivity contribution in [3.05, 3.63) is 34.7 Å². The Hall–Kier alpha value is -1.82. The topological polar surface area (TPSA) is 61.1 Å². The maximum atomic E-state index is 6.18. The van der Waals surface area contributed by atoms with Gasteiger partial charge in [-0.2, -0.15) is 5.10 Å². The molecule has 0 bridgehead atoms. The zero-order valence-corrected chi connectivity index (χ0v) is 12.3. The quantitative estimate of drug-likeness (QED) is 0.790. The molecule has 0 amide bonds. The number of imidazole rings is 1. The summed E-state index contributed by atoms with van der Waals surface area (Å²) in [4.78, 5) is 4.60. The van der Waals surface area contributed by atoms with Gasteiger partial charge in [0.15, 0.2) is 0 Å². The number of rotatable bonds is 2. The van der Waals surface area contributed by atoms with Gasteiger partial charge in [0.1, 0.15) is 17.2 Å². The number of nitrogens with zero attached hydrogens (tertiary/aromatic N) is 4. The number of fused-ring (bicyclic) bond motifs is 1. The van der Waals surface area contributed by atoms with Crippen LogP contribution >= 0.6 is 15.9 Å². The third-order valence-corrected chi connectivity index (χ3v) is 4.00. The molecule has 0 unspecified atom stereocenters. The number of nitrogen functional groups attached to an aromatic ring is 1. The van der Waals surface area contributed by atoms with E-state index < -0.39 is 0 Å². The van der Waals surface area contributed by atoms with E-state index in [1.54, 1.807) is 6.20 Å². The lowest BCUT2D eigenvalue weighted by molar-refractivity contribution is 0.660. The van der Waals surface area contributed by atoms with Crippen molar-refractivity contribution in [1.29, 1.82) is 0 Å². The summed E-state index contributed by atoms with van der Waals surface area (Å²) in [5, 5.41) is 4.26. The molecule has 0 aromatic carbocycles. The molecular weight excluding hydrogens is 306 g/mol. The monoisotopic (exact) mass is 319 g/mol. The van der Waals surface area contributed by atoms with Gasteiger partial charge in [0.25, 0.3) is 0 Å². The highest BCUT2D eigenvalue weighted by molar-refractivity contribution is 9.10. The van der Waals surface area contributed by atoms with Crippen molar-refractivity contribution in [2.24, 2.45) is 0 Å². The van der Waals surface area contributed by atoms with E-state index in [0.29, 0.717) is 5.82 Å². The number of anilines is 1. The fraction of sp³-hybridized carbons (Fsp3) is 0.231. The predicted molar refractivity (Wildman–Crippen MR) is 78.9 cm³/mol. The zero-order chi connectivity index (χ0) is 13.6. The van der Waals surface area contributed by atoms with E-state index in [-0.39, 0.29) is 0 Å². The van der Waals surface area contributed by atoms with E-state index in [4.69, 9.17) is 5.73 Å². The molecule has 98 valence electrons. The largest absolute Gasteiger partial charge is 0.383 e. The SMILES string of the molecule is CCn1cc(-c2nc3cc(C)c(Br)cn3c2N)cn1. The molecule has 0 aliphatic rings. The first-order chi connectivity index (χ1) is 9.10. The van der Waals surface area contributed by atoms with Crippen LogP contribution in [-0.2, 0) is 6.54 Å². The van der Waals surface area contributed by atoms with Crippen LogP contribution in [0.1, 0.15) is 12.5 Å². The summed E-state index contributed by atoms with van der Waals surface area (Å²) in [7, 11) is 0. The van der Waals surface area contributed by atoms with Gasteiger partial charge >= 0.3 is 0 Å². The molecule has 0 aliphatic carbocycles. The minimum Gasteiger partial charge on any atom is -0.383 e. The summed E-state index contributed by atoms with van der Waals surface area (Å²) >= 11 is 3.51. The minimum atomic E-state index is 0.631. The van der Waals surface area contributed by atoms with Crippen molar-refractivity contribution in [2.45, 2.75) is 20.4 Å². The van der Waals surface area contributed by atoms with Crippen molar-refractivity contribution in [3.8, 4) is 11.3 Å². The Balaban J connectivity index is 2.22. The van der Waals surface area contributed by atoms with Crippen molar-refractivity contribution in [3.63, 3.8) is 0 Å². The molecule has 0 radical (unpaired) electrons. The maximum Gasteiger partial charge on any atom is 0.139 e. The van der Waals surface area contributed by atoms with Crippen LogP contribution in [0, 0.1) is 6.92 Å². The number of halogens is 1. The lowest BCUT2D eigenvalue weighted by Gasteiger charge is -2.00. The summed E-state index contributed by atoms with van der Waals surface area (Å²) in [6.45, 7) is 4.91. The zero-order valence-electron chi connectivity index (χ0n) is 10.8. The maximum absolute atomic E-state index is 6.18. The van der Waals surface area contributed by atoms with Crippen molar-refractivity contribution < 1.29 is 0 Å². The summed E-state index contributed by atoms with van der Waals surface area (Å²) in [5.74, 6) is 0.631. The number of hydrogen-bond donors (Lipinski definition) is 1. The number of pyridine rings is 1. The molecule has 0 spiro atoms. The van der Waals surface area contributed by atoms with Gasteiger partial charge in [0.05, 0.1) is 6.20 Å². The molecule has 2 N–H and O–H groups in total. The van der Waals surface area contributed by atoms with E-state index in [1.165, 1.54) is 0 Å². The summed E-state index contributed by atoms with van der Waals surface area (Å²) in [6, 6.07) is 2.01. The van der Waals surface area contributed by atoms with Crippen LogP contribution in [0.2, 0.25) is 0 Å². The lowest BCUT2D eigenvalue weighted by Crippen LogP contribution is -1.95. The molecular formula is C13H14BrN5. The number of hydrogen-bond acceptors (Lipinski definition) is 3. The first-order valence-electron chi connectivity index (χ1n) is 6.06. The molecule has 0 atom stereocenters. The Labute approximate surface area is 119 Å². The molecule has 19 heavy (non-hydrogen) atoms. The number of aromatic nitrogens is 4. The van der Waals surface area contributed by atoms with Crippen LogP contribution < -0.4 is 5.73 Å². The van der Waals surface area contributed by atoms with E-state index in [2.05, 4.69) is 26.0 Å². The molecule has 6 heteroatoms. The smallest absolute Gasteiger partial charge is 0.139 e. The fourth-order valence-electron chi connectivity index (χ4n) is 2.05. The van der Waals surface area contributed by atoms with Gasteiger partial charge in [-0.25, -0.2) is 4.98 Å². The van der Waals surface area contributed by atoms with Gasteiger partial charge in [0.2, 0.25) is 0 Å². The molecule has 5 nitrogen and oxygen atoms in total. The Morgan fingerprint density at radius 1 is 1.37 bits per heavy atom. The molecule has 0 aliphatic heterocycles. The summed E-state index contributed by atoms with van der Waals surface area (Å²) < 4.78 is 4.76. The summed E-state index contributed by atoms with van der Waals surface area (Å²) in [5.41, 5.74) is 9.88. The Morgan fingerprint density at radius 3 is 2.84 bits per heavy atom. The van der Waals surface area contributed by atoms with Crippen LogP contribution in [0.25, 0.3) is 16.9 Å². The standard InChI is InChI=1S/C13H14BrN5/c1-3-18-6-9(5-16-18)12-13(15)19-7-10(14)8(2)4-11(19)17-12/h4-7H,3,15H2,1-2H3. The van der Waals surface area contributed by atoms with Gasteiger partial charge in [-0.15, -0.1) is 0 Å². The van der Waals surface area contributed by atoms with E-state index in [1.807, 2.05) is 41.4 Å². The molecule has 3 aromatic heterocycles. The summed E-state index contributed by atoms with van der Waals surface area (Å²) in [6.07, 6.45) is 5.70. The Morgan fingerprint density at radius 2 is 2.16 bits per heavy atom. The highest BCUT2D eigenvalue weighted by Gasteiger charge is 2.13. The molecule has 3 rings (SSSR count). The Kier molecular flexibility index (Phi) is 2.82. The highest BCUT2D eigenvalue weighted by atomic mass is 79.9. The van der Waals surface area contributed by atoms with Crippen molar-refractivity contribution >= 4 is 27.4 Å². The number of aryl methyl sites for hydroxylation is 2.